The molecule has 5 heterocycles. The number of imidazole rings is 2. The monoisotopic (exact) mass is 841 g/mol. The van der Waals surface area contributed by atoms with Gasteiger partial charge in [-0.05, 0) is 110 Å². The normalized spacial score (nSPS) is 21.3. The second-order valence-electron chi connectivity index (χ2n) is 17.0. The van der Waals surface area contributed by atoms with Crippen LogP contribution in [0.25, 0.3) is 22.1 Å². The number of rotatable bonds is 11. The number of ether oxygens (including phenoxy) is 2. The molecular weight excluding hydrogens is 790 g/mol. The first kappa shape index (κ1) is 41.9. The Balaban J connectivity index is 1.09. The summed E-state index contributed by atoms with van der Waals surface area (Å²) < 4.78 is 48.5. The molecule has 3 aliphatic rings. The number of amides is 3. The van der Waals surface area contributed by atoms with E-state index in [-0.39, 0.29) is 53.6 Å². The molecule has 323 valence electrons. The third-order valence-electron chi connectivity index (χ3n) is 12.1. The fourth-order valence-electron chi connectivity index (χ4n) is 9.35. The molecule has 5 aromatic rings. The maximum atomic E-state index is 13.8. The van der Waals surface area contributed by atoms with Gasteiger partial charge in [0.05, 0.1) is 59.8 Å². The SMILES string of the molecule is COC(=O)N[C@H](C(=O)N1CCC[C@H]1c1nc2cc([C@H]3CC[C@H](c4ccc5[nH]c([C@@H]6CCCN6C(=O)[CH]C(C)C)nc5c4)N3c3ccc(OC(F)(F)F)cc3)ccc2[nH]1)C(C)C. The van der Waals surface area contributed by atoms with E-state index in [9.17, 15) is 27.6 Å². The van der Waals surface area contributed by atoms with Crippen LogP contribution in [0.4, 0.5) is 23.7 Å². The van der Waals surface area contributed by atoms with Gasteiger partial charge in [0.15, 0.2) is 0 Å². The summed E-state index contributed by atoms with van der Waals surface area (Å²) in [6.07, 6.45) is 0.989. The zero-order chi connectivity index (χ0) is 43.2. The molecule has 0 aliphatic carbocycles. The smallest absolute Gasteiger partial charge is 0.453 e. The van der Waals surface area contributed by atoms with Crippen molar-refractivity contribution in [2.24, 2.45) is 11.8 Å². The van der Waals surface area contributed by atoms with Crippen molar-refractivity contribution in [2.75, 3.05) is 25.1 Å². The van der Waals surface area contributed by atoms with Gasteiger partial charge in [-0.15, -0.1) is 13.2 Å². The van der Waals surface area contributed by atoms with Crippen molar-refractivity contribution in [1.82, 2.24) is 35.1 Å². The predicted octanol–water partition coefficient (Wildman–Crippen LogP) is 8.99. The predicted molar refractivity (Wildman–Crippen MR) is 223 cm³/mol. The first-order chi connectivity index (χ1) is 29.2. The molecule has 16 heteroatoms. The van der Waals surface area contributed by atoms with Gasteiger partial charge in [-0.1, -0.05) is 39.8 Å². The highest BCUT2D eigenvalue weighted by atomic mass is 19.4. The molecule has 0 spiro atoms. The van der Waals surface area contributed by atoms with E-state index >= 15 is 0 Å². The van der Waals surface area contributed by atoms with Crippen molar-refractivity contribution >= 4 is 45.7 Å². The highest BCUT2D eigenvalue weighted by Crippen LogP contribution is 2.48. The molecule has 3 amide bonds. The summed E-state index contributed by atoms with van der Waals surface area (Å²) >= 11 is 0. The Morgan fingerprint density at radius 1 is 0.770 bits per heavy atom. The number of aromatic nitrogens is 4. The van der Waals surface area contributed by atoms with Crippen LogP contribution in [0.3, 0.4) is 0 Å². The highest BCUT2D eigenvalue weighted by Gasteiger charge is 2.40. The molecule has 8 rings (SSSR count). The van der Waals surface area contributed by atoms with Crippen LogP contribution in [-0.2, 0) is 14.3 Å². The number of fused-ring (bicyclic) bond motifs is 2. The van der Waals surface area contributed by atoms with Gasteiger partial charge in [-0.25, -0.2) is 14.8 Å². The molecule has 1 radical (unpaired) electrons. The molecule has 13 nitrogen and oxygen atoms in total. The van der Waals surface area contributed by atoms with Gasteiger partial charge in [0.2, 0.25) is 11.8 Å². The number of hydrogen-bond acceptors (Lipinski definition) is 8. The Kier molecular flexibility index (Phi) is 11.6. The summed E-state index contributed by atoms with van der Waals surface area (Å²) in [4.78, 5) is 61.8. The van der Waals surface area contributed by atoms with Crippen LogP contribution >= 0.6 is 0 Å². The zero-order valence-electron chi connectivity index (χ0n) is 35.0. The molecule has 3 aliphatic heterocycles. The number of halogens is 3. The second kappa shape index (κ2) is 16.9. The van der Waals surface area contributed by atoms with Gasteiger partial charge >= 0.3 is 12.5 Å². The largest absolute Gasteiger partial charge is 0.573 e. The Morgan fingerprint density at radius 2 is 1.31 bits per heavy atom. The Bertz CT molecular complexity index is 2390. The quantitative estimate of drug-likeness (QED) is 0.119. The number of carbonyl (C=O) groups is 3. The van der Waals surface area contributed by atoms with Crippen LogP contribution in [0.15, 0.2) is 60.7 Å². The summed E-state index contributed by atoms with van der Waals surface area (Å²) in [6, 6.07) is 16.7. The van der Waals surface area contributed by atoms with Crippen LogP contribution in [0, 0.1) is 18.3 Å². The minimum absolute atomic E-state index is 0.0163. The Morgan fingerprint density at radius 3 is 1.82 bits per heavy atom. The van der Waals surface area contributed by atoms with Crippen molar-refractivity contribution in [2.45, 2.75) is 103 Å². The van der Waals surface area contributed by atoms with Crippen LogP contribution in [0.2, 0.25) is 0 Å². The molecule has 3 fully saturated rings. The van der Waals surface area contributed by atoms with Crippen LogP contribution in [-0.4, -0.2) is 80.2 Å². The van der Waals surface area contributed by atoms with Crippen molar-refractivity contribution in [1.29, 1.82) is 0 Å². The first-order valence-corrected chi connectivity index (χ1v) is 21.1. The molecule has 3 saturated heterocycles. The average molecular weight is 842 g/mol. The Hall–Kier alpha value is -5.80. The van der Waals surface area contributed by atoms with Gasteiger partial charge in [-0.3, -0.25) is 9.59 Å². The van der Waals surface area contributed by atoms with E-state index in [1.165, 1.54) is 19.2 Å². The summed E-state index contributed by atoms with van der Waals surface area (Å²) in [5.74, 6) is 0.917. The molecule has 3 aromatic carbocycles. The molecule has 3 N–H and O–H groups in total. The molecule has 0 unspecified atom stereocenters. The molecule has 0 bridgehead atoms. The van der Waals surface area contributed by atoms with E-state index < -0.39 is 18.5 Å². The van der Waals surface area contributed by atoms with E-state index in [1.54, 1.807) is 23.5 Å². The lowest BCUT2D eigenvalue weighted by Crippen LogP contribution is -2.51. The van der Waals surface area contributed by atoms with Gasteiger partial charge in [0.25, 0.3) is 0 Å². The molecular formula is C45H52F3N8O5. The number of H-pyrrole nitrogens is 2. The fraction of sp³-hybridized carbons (Fsp3) is 0.467. The van der Waals surface area contributed by atoms with Gasteiger partial charge < -0.3 is 39.5 Å². The average Bonchev–Trinajstić information content (AvgIpc) is 4.07. The van der Waals surface area contributed by atoms with Gasteiger partial charge in [0.1, 0.15) is 23.4 Å². The summed E-state index contributed by atoms with van der Waals surface area (Å²) in [5, 5.41) is 2.69. The number of carbonyl (C=O) groups excluding carboxylic acids is 3. The number of benzene rings is 3. The maximum Gasteiger partial charge on any atom is 0.573 e. The van der Waals surface area contributed by atoms with Crippen molar-refractivity contribution in [3.05, 3.63) is 89.9 Å². The highest BCUT2D eigenvalue weighted by molar-refractivity contribution is 5.87. The number of hydrogen-bond donors (Lipinski definition) is 3. The summed E-state index contributed by atoms with van der Waals surface area (Å²) in [6.45, 7) is 8.95. The molecule has 5 atom stereocenters. The van der Waals surface area contributed by atoms with E-state index in [1.807, 2.05) is 56.9 Å². The minimum Gasteiger partial charge on any atom is -0.453 e. The second-order valence-corrected chi connectivity index (χ2v) is 17.0. The summed E-state index contributed by atoms with van der Waals surface area (Å²) in [7, 11) is 1.27. The van der Waals surface area contributed by atoms with E-state index in [0.29, 0.717) is 25.3 Å². The van der Waals surface area contributed by atoms with Crippen molar-refractivity contribution in [3.63, 3.8) is 0 Å². The number of nitrogens with zero attached hydrogens (tertiary/aromatic N) is 5. The fourth-order valence-corrected chi connectivity index (χ4v) is 9.35. The van der Waals surface area contributed by atoms with E-state index in [0.717, 1.165) is 76.8 Å². The molecule has 0 saturated carbocycles. The van der Waals surface area contributed by atoms with Crippen LogP contribution < -0.4 is 15.0 Å². The maximum absolute atomic E-state index is 13.8. The lowest BCUT2D eigenvalue weighted by atomic mass is 10.0. The van der Waals surface area contributed by atoms with Crippen molar-refractivity contribution < 1.29 is 37.0 Å². The number of likely N-dealkylation sites (tertiary alicyclic amines) is 2. The Labute approximate surface area is 352 Å². The number of anilines is 1. The van der Waals surface area contributed by atoms with E-state index in [2.05, 4.69) is 37.1 Å². The number of alkyl carbamates (subject to hydrolysis) is 1. The van der Waals surface area contributed by atoms with Gasteiger partial charge in [0, 0.05) is 18.8 Å². The standard InChI is InChI=1S/C45H52F3N8O5/c1-25(2)22-39(57)54-20-6-8-37(54)41-49-31-16-10-27(23-33(31)51-41)35-18-19-36(56(35)29-12-14-30(15-13-29)61-45(46,47)48)28-11-17-32-34(24-28)52-42(50-32)38-9-7-21-55(38)43(58)40(26(3)4)53-44(59)60-5/h10-17,22-26,35-38,40H,6-9,18-21H2,1-5H3,(H,49,51)(H,50,52)(H,53,59)/t35-,36-,37+,38+,40+/m1/s1. The lowest BCUT2D eigenvalue weighted by Gasteiger charge is -2.33. The number of aromatic amines is 2. The van der Waals surface area contributed by atoms with Gasteiger partial charge in [-0.2, -0.15) is 0 Å². The minimum atomic E-state index is -4.82. The molecule has 61 heavy (non-hydrogen) atoms. The van der Waals surface area contributed by atoms with Crippen molar-refractivity contribution in [3.8, 4) is 5.75 Å². The van der Waals surface area contributed by atoms with Crippen LogP contribution in [0.5, 0.6) is 5.75 Å². The number of methoxy groups -OCH3 is 1. The first-order valence-electron chi connectivity index (χ1n) is 21.1. The van der Waals surface area contributed by atoms with Crippen LogP contribution in [0.1, 0.15) is 113 Å². The third kappa shape index (κ3) is 8.71. The lowest BCUT2D eigenvalue weighted by molar-refractivity contribution is -0.274. The number of alkyl halides is 3. The number of nitrogens with one attached hydrogen (secondary N) is 3. The third-order valence-corrected chi connectivity index (χ3v) is 12.1. The summed E-state index contributed by atoms with van der Waals surface area (Å²) in [5.41, 5.74) is 5.90. The molecule has 2 aromatic heterocycles. The topological polar surface area (TPSA) is 149 Å². The zero-order valence-corrected chi connectivity index (χ0v) is 35.0. The van der Waals surface area contributed by atoms with E-state index in [4.69, 9.17) is 14.7 Å².